The maximum atomic E-state index is 13.8. The molecule has 0 aliphatic heterocycles. The van der Waals surface area contributed by atoms with Crippen LogP contribution in [-0.2, 0) is 18.0 Å². The van der Waals surface area contributed by atoms with E-state index in [1.54, 1.807) is 13.8 Å². The summed E-state index contributed by atoms with van der Waals surface area (Å²) in [7, 11) is 0. The highest BCUT2D eigenvalue weighted by molar-refractivity contribution is 5.80. The van der Waals surface area contributed by atoms with Crippen LogP contribution in [0.1, 0.15) is 37.1 Å². The summed E-state index contributed by atoms with van der Waals surface area (Å²) in [6.45, 7) is 2.63. The maximum Gasteiger partial charge on any atom is 0.416 e. The molecule has 0 radical (unpaired) electrons. The number of hydrogen-bond acceptors (Lipinski definition) is 1. The highest BCUT2D eigenvalue weighted by Crippen LogP contribution is 2.36. The molecule has 3 aromatic rings. The molecule has 2 aromatic carbocycles. The Balaban J connectivity index is 1.81. The van der Waals surface area contributed by atoms with Gasteiger partial charge in [0.2, 0.25) is 0 Å². The van der Waals surface area contributed by atoms with E-state index in [4.69, 9.17) is 0 Å². The van der Waals surface area contributed by atoms with Crippen LogP contribution in [0.4, 0.5) is 17.6 Å². The Kier molecular flexibility index (Phi) is 5.28. The van der Waals surface area contributed by atoms with Crippen molar-refractivity contribution >= 4 is 10.9 Å². The minimum Gasteiger partial charge on any atom is -0.387 e. The van der Waals surface area contributed by atoms with Crippen LogP contribution in [0.3, 0.4) is 0 Å². The number of alkyl halides is 4. The fourth-order valence-electron chi connectivity index (χ4n) is 3.78. The molecule has 2 nitrogen and oxygen atoms in total. The SMILES string of the molecule is CC(C)(CC(O)(CF)Cc1cc2ccccc2[nH]1)c1ccc(C(F)(F)F)cc1. The number of aromatic nitrogens is 1. The number of aromatic amines is 1. The third-order valence-corrected chi connectivity index (χ3v) is 5.12. The smallest absolute Gasteiger partial charge is 0.387 e. The quantitative estimate of drug-likeness (QED) is 0.510. The number of hydrogen-bond donors (Lipinski definition) is 2. The molecule has 6 heteroatoms. The number of halogens is 4. The van der Waals surface area contributed by atoms with Crippen LogP contribution >= 0.6 is 0 Å². The van der Waals surface area contributed by atoms with Crippen molar-refractivity contribution in [3.63, 3.8) is 0 Å². The molecule has 0 fully saturated rings. The first-order valence-electron chi connectivity index (χ1n) is 9.05. The lowest BCUT2D eigenvalue weighted by atomic mass is 9.74. The monoisotopic (exact) mass is 393 g/mol. The van der Waals surface area contributed by atoms with E-state index >= 15 is 0 Å². The number of aliphatic hydroxyl groups is 1. The number of benzene rings is 2. The van der Waals surface area contributed by atoms with E-state index in [2.05, 4.69) is 4.98 Å². The van der Waals surface area contributed by atoms with Crippen molar-refractivity contribution in [2.75, 3.05) is 6.67 Å². The Hall–Kier alpha value is -2.34. The molecule has 0 aliphatic rings. The average molecular weight is 393 g/mol. The van der Waals surface area contributed by atoms with E-state index in [9.17, 15) is 22.7 Å². The van der Waals surface area contributed by atoms with Crippen LogP contribution in [0.2, 0.25) is 0 Å². The Morgan fingerprint density at radius 1 is 0.929 bits per heavy atom. The summed E-state index contributed by atoms with van der Waals surface area (Å²) in [5.41, 5.74) is -0.843. The molecule has 1 heterocycles. The largest absolute Gasteiger partial charge is 0.416 e. The summed E-state index contributed by atoms with van der Waals surface area (Å²) in [5, 5.41) is 11.9. The molecule has 0 spiro atoms. The van der Waals surface area contributed by atoms with Crippen molar-refractivity contribution in [2.45, 2.75) is 43.9 Å². The minimum absolute atomic E-state index is 0.0667. The second-order valence-electron chi connectivity index (χ2n) is 8.05. The predicted octanol–water partition coefficient (Wildman–Crippen LogP) is 5.80. The van der Waals surface area contributed by atoms with E-state index < -0.39 is 29.4 Å². The van der Waals surface area contributed by atoms with Crippen molar-refractivity contribution in [3.8, 4) is 0 Å². The highest BCUT2D eigenvalue weighted by Gasteiger charge is 2.37. The zero-order valence-electron chi connectivity index (χ0n) is 15.8. The molecule has 0 amide bonds. The van der Waals surface area contributed by atoms with Crippen LogP contribution < -0.4 is 0 Å². The summed E-state index contributed by atoms with van der Waals surface area (Å²) in [6.07, 6.45) is -4.25. The van der Waals surface area contributed by atoms with Gasteiger partial charge in [-0.15, -0.1) is 0 Å². The van der Waals surface area contributed by atoms with Gasteiger partial charge in [0, 0.05) is 17.6 Å². The van der Waals surface area contributed by atoms with E-state index in [0.29, 0.717) is 11.3 Å². The van der Waals surface area contributed by atoms with Gasteiger partial charge in [0.1, 0.15) is 6.67 Å². The van der Waals surface area contributed by atoms with Gasteiger partial charge in [-0.3, -0.25) is 0 Å². The molecule has 0 aliphatic carbocycles. The van der Waals surface area contributed by atoms with E-state index in [0.717, 1.165) is 23.0 Å². The van der Waals surface area contributed by atoms with Crippen LogP contribution in [0.25, 0.3) is 10.9 Å². The lowest BCUT2D eigenvalue weighted by Gasteiger charge is -2.35. The second-order valence-corrected chi connectivity index (χ2v) is 8.05. The molecule has 28 heavy (non-hydrogen) atoms. The topological polar surface area (TPSA) is 36.0 Å². The number of rotatable bonds is 6. The van der Waals surface area contributed by atoms with Crippen LogP contribution in [0.15, 0.2) is 54.6 Å². The number of H-pyrrole nitrogens is 1. The van der Waals surface area contributed by atoms with Crippen molar-refractivity contribution in [2.24, 2.45) is 0 Å². The van der Waals surface area contributed by atoms with Gasteiger partial charge in [-0.05, 0) is 47.1 Å². The Morgan fingerprint density at radius 3 is 2.11 bits per heavy atom. The molecule has 2 N–H and O–H groups in total. The van der Waals surface area contributed by atoms with Gasteiger partial charge in [0.05, 0.1) is 11.2 Å². The van der Waals surface area contributed by atoms with Crippen LogP contribution in [-0.4, -0.2) is 22.4 Å². The minimum atomic E-state index is -4.40. The Morgan fingerprint density at radius 2 is 1.54 bits per heavy atom. The van der Waals surface area contributed by atoms with Gasteiger partial charge in [0.15, 0.2) is 0 Å². The first kappa shape index (κ1) is 20.4. The predicted molar refractivity (Wildman–Crippen MR) is 102 cm³/mol. The number of para-hydroxylation sites is 1. The number of fused-ring (bicyclic) bond motifs is 1. The average Bonchev–Trinajstić information content (AvgIpc) is 3.02. The molecule has 3 rings (SSSR count). The molecule has 1 unspecified atom stereocenters. The maximum absolute atomic E-state index is 13.8. The molecule has 0 bridgehead atoms. The molecule has 1 atom stereocenters. The van der Waals surface area contributed by atoms with Crippen molar-refractivity contribution in [1.82, 2.24) is 4.98 Å². The van der Waals surface area contributed by atoms with E-state index in [1.807, 2.05) is 30.3 Å². The molecule has 0 saturated carbocycles. The number of nitrogens with one attached hydrogen (secondary N) is 1. The first-order valence-corrected chi connectivity index (χ1v) is 9.05. The Labute approximate surface area is 161 Å². The van der Waals surface area contributed by atoms with Crippen molar-refractivity contribution in [1.29, 1.82) is 0 Å². The van der Waals surface area contributed by atoms with Gasteiger partial charge in [-0.2, -0.15) is 13.2 Å². The van der Waals surface area contributed by atoms with Crippen molar-refractivity contribution in [3.05, 3.63) is 71.4 Å². The fourth-order valence-corrected chi connectivity index (χ4v) is 3.78. The molecule has 0 saturated heterocycles. The summed E-state index contributed by atoms with van der Waals surface area (Å²) in [5.74, 6) is 0. The first-order chi connectivity index (χ1) is 13.0. The third-order valence-electron chi connectivity index (χ3n) is 5.12. The van der Waals surface area contributed by atoms with E-state index in [-0.39, 0.29) is 12.8 Å². The van der Waals surface area contributed by atoms with Gasteiger partial charge in [-0.1, -0.05) is 44.2 Å². The van der Waals surface area contributed by atoms with Gasteiger partial charge < -0.3 is 10.1 Å². The zero-order chi connectivity index (χ0) is 20.6. The molecule has 150 valence electrons. The van der Waals surface area contributed by atoms with Crippen molar-refractivity contribution < 1.29 is 22.7 Å². The molecule has 1 aromatic heterocycles. The van der Waals surface area contributed by atoms with Crippen LogP contribution in [0.5, 0.6) is 0 Å². The van der Waals surface area contributed by atoms with Gasteiger partial charge in [0.25, 0.3) is 0 Å². The van der Waals surface area contributed by atoms with Gasteiger partial charge >= 0.3 is 6.18 Å². The normalized spacial score (nSPS) is 15.0. The zero-order valence-corrected chi connectivity index (χ0v) is 15.8. The second kappa shape index (κ2) is 7.24. The van der Waals surface area contributed by atoms with E-state index in [1.165, 1.54) is 12.1 Å². The summed E-state index contributed by atoms with van der Waals surface area (Å²) in [6, 6.07) is 14.3. The summed E-state index contributed by atoms with van der Waals surface area (Å²) < 4.78 is 52.2. The summed E-state index contributed by atoms with van der Waals surface area (Å²) >= 11 is 0. The Bertz CT molecular complexity index is 910. The fraction of sp³-hybridized carbons (Fsp3) is 0.364. The standard InChI is InChI=1S/C22H23F4NO/c1-20(2,16-7-9-17(10-8-16)22(24,25)26)13-21(28,14-23)12-18-11-15-5-3-4-6-19(15)27-18/h3-11,27-28H,12-14H2,1-2H3. The highest BCUT2D eigenvalue weighted by atomic mass is 19.4. The third kappa shape index (κ3) is 4.38. The lowest BCUT2D eigenvalue weighted by Crippen LogP contribution is -2.40. The molecular formula is C22H23F4NO. The summed E-state index contributed by atoms with van der Waals surface area (Å²) in [4.78, 5) is 3.18. The van der Waals surface area contributed by atoms with Crippen LogP contribution in [0, 0.1) is 0 Å². The van der Waals surface area contributed by atoms with Gasteiger partial charge in [-0.25, -0.2) is 4.39 Å². The lowest BCUT2D eigenvalue weighted by molar-refractivity contribution is -0.137. The molecular weight excluding hydrogens is 370 g/mol.